The fourth-order valence-electron chi connectivity index (χ4n) is 2.50. The second kappa shape index (κ2) is 10.6. The summed E-state index contributed by atoms with van der Waals surface area (Å²) in [6.45, 7) is 13.0. The van der Waals surface area contributed by atoms with Crippen molar-refractivity contribution in [3.05, 3.63) is 46.8 Å². The van der Waals surface area contributed by atoms with Crippen molar-refractivity contribution >= 4 is 5.96 Å². The first-order valence-electron chi connectivity index (χ1n) is 9.73. The van der Waals surface area contributed by atoms with Gasteiger partial charge in [0.1, 0.15) is 5.75 Å². The third kappa shape index (κ3) is 6.62. The zero-order valence-corrected chi connectivity index (χ0v) is 17.1. The van der Waals surface area contributed by atoms with E-state index in [9.17, 15) is 0 Å². The molecule has 148 valence electrons. The van der Waals surface area contributed by atoms with Crippen LogP contribution in [0.4, 0.5) is 0 Å². The van der Waals surface area contributed by atoms with Crippen molar-refractivity contribution in [3.63, 3.8) is 0 Å². The average Bonchev–Trinajstić information content (AvgIpc) is 3.12. The monoisotopic (exact) mass is 372 g/mol. The molecule has 2 aromatic rings. The Bertz CT molecular complexity index is 738. The highest BCUT2D eigenvalue weighted by Gasteiger charge is 2.09. The molecule has 0 bridgehead atoms. The SMILES string of the molecule is CCCOc1cc(C)ccc1CN=C(NCC)NCc1cc(C(C)C)no1. The Morgan fingerprint density at radius 2 is 2.04 bits per heavy atom. The Kier molecular flexibility index (Phi) is 8.17. The Morgan fingerprint density at radius 1 is 1.22 bits per heavy atom. The number of hydrogen-bond donors (Lipinski definition) is 2. The van der Waals surface area contributed by atoms with Crippen molar-refractivity contribution in [2.45, 2.75) is 60.0 Å². The number of rotatable bonds is 9. The number of aromatic nitrogens is 1. The van der Waals surface area contributed by atoms with Crippen molar-refractivity contribution in [2.24, 2.45) is 4.99 Å². The molecule has 0 atom stereocenters. The summed E-state index contributed by atoms with van der Waals surface area (Å²) in [6.07, 6.45) is 0.983. The van der Waals surface area contributed by atoms with E-state index < -0.39 is 0 Å². The third-order valence-electron chi connectivity index (χ3n) is 4.03. The highest BCUT2D eigenvalue weighted by atomic mass is 16.5. The van der Waals surface area contributed by atoms with Gasteiger partial charge in [-0.2, -0.15) is 0 Å². The Hall–Kier alpha value is -2.50. The molecule has 2 N–H and O–H groups in total. The quantitative estimate of drug-likeness (QED) is 0.511. The minimum absolute atomic E-state index is 0.354. The van der Waals surface area contributed by atoms with Crippen LogP contribution in [0.5, 0.6) is 5.75 Å². The molecule has 0 saturated carbocycles. The van der Waals surface area contributed by atoms with Gasteiger partial charge in [0.2, 0.25) is 0 Å². The predicted octanol–water partition coefficient (Wildman–Crippen LogP) is 4.15. The van der Waals surface area contributed by atoms with Crippen molar-refractivity contribution in [2.75, 3.05) is 13.2 Å². The van der Waals surface area contributed by atoms with Crippen LogP contribution in [-0.4, -0.2) is 24.3 Å². The van der Waals surface area contributed by atoms with E-state index in [1.165, 1.54) is 5.56 Å². The number of nitrogens with zero attached hydrogens (tertiary/aromatic N) is 2. The molecule has 0 amide bonds. The van der Waals surface area contributed by atoms with Crippen molar-refractivity contribution < 1.29 is 9.26 Å². The summed E-state index contributed by atoms with van der Waals surface area (Å²) in [4.78, 5) is 4.69. The van der Waals surface area contributed by atoms with Crippen LogP contribution >= 0.6 is 0 Å². The Balaban J connectivity index is 2.04. The lowest BCUT2D eigenvalue weighted by Gasteiger charge is -2.13. The number of aliphatic imine (C=N–C) groups is 1. The molecule has 27 heavy (non-hydrogen) atoms. The van der Waals surface area contributed by atoms with Crippen LogP contribution < -0.4 is 15.4 Å². The van der Waals surface area contributed by atoms with Gasteiger partial charge in [-0.15, -0.1) is 0 Å². The zero-order chi connectivity index (χ0) is 19.6. The summed E-state index contributed by atoms with van der Waals surface area (Å²) < 4.78 is 11.3. The molecular formula is C21H32N4O2. The topological polar surface area (TPSA) is 71.7 Å². The van der Waals surface area contributed by atoms with E-state index in [4.69, 9.17) is 14.3 Å². The normalized spacial score (nSPS) is 11.7. The van der Waals surface area contributed by atoms with E-state index in [1.807, 2.05) is 13.0 Å². The molecule has 0 aliphatic heterocycles. The van der Waals surface area contributed by atoms with Gasteiger partial charge in [0, 0.05) is 18.2 Å². The number of aryl methyl sites for hydroxylation is 1. The summed E-state index contributed by atoms with van der Waals surface area (Å²) in [5.74, 6) is 2.80. The van der Waals surface area contributed by atoms with E-state index >= 15 is 0 Å². The van der Waals surface area contributed by atoms with Gasteiger partial charge in [-0.05, 0) is 37.8 Å². The molecule has 1 aromatic heterocycles. The summed E-state index contributed by atoms with van der Waals surface area (Å²) in [5.41, 5.74) is 3.23. The van der Waals surface area contributed by atoms with Gasteiger partial charge in [0.25, 0.3) is 0 Å². The number of guanidine groups is 1. The van der Waals surface area contributed by atoms with Crippen LogP contribution in [0.2, 0.25) is 0 Å². The van der Waals surface area contributed by atoms with Gasteiger partial charge in [0.15, 0.2) is 11.7 Å². The smallest absolute Gasteiger partial charge is 0.191 e. The van der Waals surface area contributed by atoms with Crippen LogP contribution in [0.15, 0.2) is 33.8 Å². The van der Waals surface area contributed by atoms with E-state index in [-0.39, 0.29) is 0 Å². The molecule has 6 nitrogen and oxygen atoms in total. The molecule has 2 rings (SSSR count). The number of nitrogens with one attached hydrogen (secondary N) is 2. The fraction of sp³-hybridized carbons (Fsp3) is 0.524. The maximum atomic E-state index is 5.88. The molecule has 0 saturated heterocycles. The lowest BCUT2D eigenvalue weighted by Crippen LogP contribution is -2.36. The van der Waals surface area contributed by atoms with Crippen molar-refractivity contribution in [1.29, 1.82) is 0 Å². The van der Waals surface area contributed by atoms with Crippen LogP contribution in [0.3, 0.4) is 0 Å². The highest BCUT2D eigenvalue weighted by molar-refractivity contribution is 5.79. The maximum Gasteiger partial charge on any atom is 0.191 e. The van der Waals surface area contributed by atoms with Crippen LogP contribution in [0, 0.1) is 6.92 Å². The maximum absolute atomic E-state index is 5.88. The largest absolute Gasteiger partial charge is 0.493 e. The third-order valence-corrected chi connectivity index (χ3v) is 4.03. The van der Waals surface area contributed by atoms with Gasteiger partial charge >= 0.3 is 0 Å². The Labute approximate surface area is 162 Å². The molecule has 0 spiro atoms. The van der Waals surface area contributed by atoms with Gasteiger partial charge in [0.05, 0.1) is 25.4 Å². The van der Waals surface area contributed by atoms with E-state index in [0.717, 1.165) is 41.7 Å². The standard InChI is InChI=1S/C21H32N4O2/c1-6-10-26-20-11-16(5)8-9-17(20)13-23-21(22-7-2)24-14-18-12-19(15(3)4)25-27-18/h8-9,11-12,15H,6-7,10,13-14H2,1-5H3,(H2,22,23,24). The lowest BCUT2D eigenvalue weighted by atomic mass is 10.1. The minimum Gasteiger partial charge on any atom is -0.493 e. The second-order valence-corrected chi connectivity index (χ2v) is 6.88. The van der Waals surface area contributed by atoms with Gasteiger partial charge < -0.3 is 19.9 Å². The number of benzene rings is 1. The molecular weight excluding hydrogens is 340 g/mol. The van der Waals surface area contributed by atoms with Crippen LogP contribution in [0.25, 0.3) is 0 Å². The molecule has 0 fully saturated rings. The lowest BCUT2D eigenvalue weighted by molar-refractivity contribution is 0.314. The molecule has 6 heteroatoms. The molecule has 0 unspecified atom stereocenters. The predicted molar refractivity (Wildman–Crippen MR) is 109 cm³/mol. The molecule has 0 aliphatic carbocycles. The summed E-state index contributed by atoms with van der Waals surface area (Å²) in [5, 5.41) is 10.7. The number of ether oxygens (including phenoxy) is 1. The van der Waals surface area contributed by atoms with Gasteiger partial charge in [-0.1, -0.05) is 38.1 Å². The van der Waals surface area contributed by atoms with E-state index in [0.29, 0.717) is 25.6 Å². The summed E-state index contributed by atoms with van der Waals surface area (Å²) in [6, 6.07) is 8.23. The molecule has 0 aliphatic rings. The fourth-order valence-corrected chi connectivity index (χ4v) is 2.50. The van der Waals surface area contributed by atoms with Crippen molar-refractivity contribution in [1.82, 2.24) is 15.8 Å². The van der Waals surface area contributed by atoms with E-state index in [1.54, 1.807) is 0 Å². The first kappa shape index (κ1) is 20.8. The average molecular weight is 373 g/mol. The van der Waals surface area contributed by atoms with Crippen LogP contribution in [0.1, 0.15) is 62.6 Å². The van der Waals surface area contributed by atoms with Crippen molar-refractivity contribution in [3.8, 4) is 5.75 Å². The second-order valence-electron chi connectivity index (χ2n) is 6.88. The molecule has 1 heterocycles. The van der Waals surface area contributed by atoms with Gasteiger partial charge in [-0.3, -0.25) is 0 Å². The first-order valence-corrected chi connectivity index (χ1v) is 9.73. The van der Waals surface area contributed by atoms with Crippen LogP contribution in [-0.2, 0) is 13.1 Å². The number of hydrogen-bond acceptors (Lipinski definition) is 4. The molecule has 1 aromatic carbocycles. The summed E-state index contributed by atoms with van der Waals surface area (Å²) in [7, 11) is 0. The first-order chi connectivity index (χ1) is 13.0. The highest BCUT2D eigenvalue weighted by Crippen LogP contribution is 2.21. The summed E-state index contributed by atoms with van der Waals surface area (Å²) >= 11 is 0. The minimum atomic E-state index is 0.354. The van der Waals surface area contributed by atoms with Gasteiger partial charge in [-0.25, -0.2) is 4.99 Å². The van der Waals surface area contributed by atoms with E-state index in [2.05, 4.69) is 61.7 Å². The molecule has 0 radical (unpaired) electrons. The zero-order valence-electron chi connectivity index (χ0n) is 17.1. The Morgan fingerprint density at radius 3 is 2.70 bits per heavy atom.